The number of rotatable bonds is 7. The normalized spacial score (nSPS) is 11.0. The smallest absolute Gasteiger partial charge is 0.337 e. The first-order valence-corrected chi connectivity index (χ1v) is 7.82. The van der Waals surface area contributed by atoms with Crippen molar-refractivity contribution < 1.29 is 14.3 Å². The molecule has 0 spiro atoms. The van der Waals surface area contributed by atoms with Crippen LogP contribution in [0.3, 0.4) is 0 Å². The molecule has 7 heteroatoms. The van der Waals surface area contributed by atoms with Crippen molar-refractivity contribution in [3.8, 4) is 0 Å². The van der Waals surface area contributed by atoms with Gasteiger partial charge in [-0.1, -0.05) is 12.1 Å². The summed E-state index contributed by atoms with van der Waals surface area (Å²) in [6.07, 6.45) is 6.52. The van der Waals surface area contributed by atoms with Crippen molar-refractivity contribution in [2.75, 3.05) is 33.1 Å². The Balaban J connectivity index is 1.89. The highest BCUT2D eigenvalue weighted by atomic mass is 16.5. The molecule has 0 bridgehead atoms. The van der Waals surface area contributed by atoms with Gasteiger partial charge < -0.3 is 15.0 Å². The fraction of sp³-hybridized carbons (Fsp3) is 0.278. The molecule has 0 aliphatic carbocycles. The van der Waals surface area contributed by atoms with E-state index in [0.29, 0.717) is 11.3 Å². The van der Waals surface area contributed by atoms with Gasteiger partial charge >= 0.3 is 5.97 Å². The number of methoxy groups -OCH3 is 1. The van der Waals surface area contributed by atoms with Crippen LogP contribution < -0.4 is 5.32 Å². The van der Waals surface area contributed by atoms with Crippen molar-refractivity contribution in [1.29, 1.82) is 0 Å². The highest BCUT2D eigenvalue weighted by molar-refractivity contribution is 6.01. The molecule has 2 aromatic rings. The first-order chi connectivity index (χ1) is 12.0. The number of ether oxygens (including phenoxy) is 1. The van der Waals surface area contributed by atoms with Crippen molar-refractivity contribution in [3.63, 3.8) is 0 Å². The zero-order valence-electron chi connectivity index (χ0n) is 14.6. The van der Waals surface area contributed by atoms with Gasteiger partial charge in [0.1, 0.15) is 0 Å². The maximum Gasteiger partial charge on any atom is 0.337 e. The molecule has 0 saturated heterocycles. The predicted octanol–water partition coefficient (Wildman–Crippen LogP) is 1.88. The Bertz CT molecular complexity index is 748. The summed E-state index contributed by atoms with van der Waals surface area (Å²) in [5.41, 5.74) is 1.92. The number of benzene rings is 1. The van der Waals surface area contributed by atoms with Crippen LogP contribution in [-0.4, -0.2) is 54.3 Å². The maximum atomic E-state index is 12.0. The number of nitrogens with zero attached hydrogens (tertiary/aromatic N) is 3. The number of carbonyl (C=O) groups is 2. The zero-order valence-corrected chi connectivity index (χ0v) is 14.6. The average Bonchev–Trinajstić information content (AvgIpc) is 3.05. The van der Waals surface area contributed by atoms with Crippen LogP contribution in [0.1, 0.15) is 15.9 Å². The number of nitrogens with one attached hydrogen (secondary N) is 1. The van der Waals surface area contributed by atoms with Gasteiger partial charge in [0.25, 0.3) is 0 Å². The fourth-order valence-electron chi connectivity index (χ4n) is 2.06. The summed E-state index contributed by atoms with van der Waals surface area (Å²) >= 11 is 0. The van der Waals surface area contributed by atoms with Crippen LogP contribution >= 0.6 is 0 Å². The third-order valence-corrected chi connectivity index (χ3v) is 3.44. The van der Waals surface area contributed by atoms with Gasteiger partial charge in [0.15, 0.2) is 0 Å². The van der Waals surface area contributed by atoms with Crippen molar-refractivity contribution in [1.82, 2.24) is 14.7 Å². The van der Waals surface area contributed by atoms with Crippen LogP contribution in [0, 0.1) is 0 Å². The van der Waals surface area contributed by atoms with Crippen LogP contribution in [0.2, 0.25) is 0 Å². The Morgan fingerprint density at radius 3 is 2.64 bits per heavy atom. The van der Waals surface area contributed by atoms with Crippen LogP contribution in [-0.2, 0) is 16.1 Å². The topological polar surface area (TPSA) is 76.5 Å². The van der Waals surface area contributed by atoms with E-state index >= 15 is 0 Å². The molecule has 1 aromatic carbocycles. The minimum Gasteiger partial charge on any atom is -0.465 e. The van der Waals surface area contributed by atoms with E-state index in [2.05, 4.69) is 20.1 Å². The lowest BCUT2D eigenvalue weighted by molar-refractivity contribution is -0.111. The van der Waals surface area contributed by atoms with Crippen molar-refractivity contribution in [2.45, 2.75) is 6.54 Å². The van der Waals surface area contributed by atoms with Crippen molar-refractivity contribution >= 4 is 23.6 Å². The average molecular weight is 342 g/mol. The molecule has 1 aromatic heterocycles. The molecule has 0 aliphatic rings. The molecule has 0 radical (unpaired) electrons. The Morgan fingerprint density at radius 2 is 2.00 bits per heavy atom. The van der Waals surface area contributed by atoms with E-state index in [1.165, 1.54) is 13.2 Å². The lowest BCUT2D eigenvalue weighted by Crippen LogP contribution is -2.18. The molecule has 1 N–H and O–H groups in total. The van der Waals surface area contributed by atoms with Gasteiger partial charge in [0.2, 0.25) is 5.91 Å². The van der Waals surface area contributed by atoms with Crippen LogP contribution in [0.5, 0.6) is 0 Å². The molecule has 25 heavy (non-hydrogen) atoms. The van der Waals surface area contributed by atoms with Gasteiger partial charge in [-0.05, 0) is 37.9 Å². The summed E-state index contributed by atoms with van der Waals surface area (Å²) in [5.74, 6) is -0.635. The lowest BCUT2D eigenvalue weighted by Gasteiger charge is -2.08. The highest BCUT2D eigenvalue weighted by Gasteiger charge is 2.04. The van der Waals surface area contributed by atoms with Gasteiger partial charge in [-0.15, -0.1) is 0 Å². The second-order valence-corrected chi connectivity index (χ2v) is 5.73. The number of amides is 1. The zero-order chi connectivity index (χ0) is 18.2. The molecule has 1 heterocycles. The molecule has 7 nitrogen and oxygen atoms in total. The van der Waals surface area contributed by atoms with E-state index in [9.17, 15) is 9.59 Å². The number of aromatic nitrogens is 2. The highest BCUT2D eigenvalue weighted by Crippen LogP contribution is 2.09. The minimum atomic E-state index is -0.389. The van der Waals surface area contributed by atoms with Crippen LogP contribution in [0.25, 0.3) is 6.08 Å². The molecule has 1 amide bonds. The predicted molar refractivity (Wildman–Crippen MR) is 96.2 cm³/mol. The van der Waals surface area contributed by atoms with E-state index in [1.54, 1.807) is 47.4 Å². The second kappa shape index (κ2) is 8.79. The molecule has 0 saturated carbocycles. The summed E-state index contributed by atoms with van der Waals surface area (Å²) in [7, 11) is 5.33. The standard InChI is InChI=1S/C18H22N4O3/c1-21(2)10-11-22-13-16(12-19-22)20-17(23)9-6-14-4-7-15(8-5-14)18(24)25-3/h4-9,12-13H,10-11H2,1-3H3,(H,20,23)/b9-6+. The van der Waals surface area contributed by atoms with Gasteiger partial charge in [-0.3, -0.25) is 9.48 Å². The SMILES string of the molecule is COC(=O)c1ccc(/C=C/C(=O)Nc2cnn(CCN(C)C)c2)cc1. The van der Waals surface area contributed by atoms with Crippen molar-refractivity contribution in [2.24, 2.45) is 0 Å². The summed E-state index contributed by atoms with van der Waals surface area (Å²) in [5, 5.41) is 6.96. The molecule has 2 rings (SSSR count). The molecule has 0 fully saturated rings. The Morgan fingerprint density at radius 1 is 1.28 bits per heavy atom. The number of esters is 1. The van der Waals surface area contributed by atoms with Crippen LogP contribution in [0.4, 0.5) is 5.69 Å². The number of likely N-dealkylation sites (N-methyl/N-ethyl adjacent to an activating group) is 1. The second-order valence-electron chi connectivity index (χ2n) is 5.73. The maximum absolute atomic E-state index is 12.0. The van der Waals surface area contributed by atoms with Gasteiger partial charge in [0, 0.05) is 18.8 Å². The molecule has 0 atom stereocenters. The quantitative estimate of drug-likeness (QED) is 0.614. The van der Waals surface area contributed by atoms with Gasteiger partial charge in [0.05, 0.1) is 31.1 Å². The Labute approximate surface area is 146 Å². The van der Waals surface area contributed by atoms with E-state index in [0.717, 1.165) is 18.7 Å². The fourth-order valence-corrected chi connectivity index (χ4v) is 2.06. The first-order valence-electron chi connectivity index (χ1n) is 7.82. The third kappa shape index (κ3) is 5.89. The summed E-state index contributed by atoms with van der Waals surface area (Å²) in [4.78, 5) is 25.4. The summed E-state index contributed by atoms with van der Waals surface area (Å²) < 4.78 is 6.42. The Hall–Kier alpha value is -2.93. The molecule has 132 valence electrons. The number of carbonyl (C=O) groups excluding carboxylic acids is 2. The van der Waals surface area contributed by atoms with Crippen molar-refractivity contribution in [3.05, 3.63) is 53.9 Å². The molecular formula is C18H22N4O3. The Kier molecular flexibility index (Phi) is 6.47. The molecule has 0 unspecified atom stereocenters. The van der Waals surface area contributed by atoms with E-state index < -0.39 is 0 Å². The first kappa shape index (κ1) is 18.4. The summed E-state index contributed by atoms with van der Waals surface area (Å²) in [6, 6.07) is 6.79. The molecule has 0 aliphatic heterocycles. The number of hydrogen-bond acceptors (Lipinski definition) is 5. The minimum absolute atomic E-state index is 0.246. The summed E-state index contributed by atoms with van der Waals surface area (Å²) in [6.45, 7) is 1.63. The number of hydrogen-bond donors (Lipinski definition) is 1. The van der Waals surface area contributed by atoms with Crippen LogP contribution in [0.15, 0.2) is 42.7 Å². The largest absolute Gasteiger partial charge is 0.465 e. The third-order valence-electron chi connectivity index (χ3n) is 3.44. The monoisotopic (exact) mass is 342 g/mol. The lowest BCUT2D eigenvalue weighted by atomic mass is 10.1. The van der Waals surface area contributed by atoms with Gasteiger partial charge in [-0.2, -0.15) is 5.10 Å². The molecular weight excluding hydrogens is 320 g/mol. The van der Waals surface area contributed by atoms with E-state index in [4.69, 9.17) is 0 Å². The number of anilines is 1. The van der Waals surface area contributed by atoms with E-state index in [1.807, 2.05) is 14.1 Å². The van der Waals surface area contributed by atoms with Gasteiger partial charge in [-0.25, -0.2) is 4.79 Å². The van der Waals surface area contributed by atoms with E-state index in [-0.39, 0.29) is 11.9 Å².